The van der Waals surface area contributed by atoms with Crippen molar-refractivity contribution < 1.29 is 27.2 Å². The van der Waals surface area contributed by atoms with E-state index >= 15 is 0 Å². The lowest BCUT2D eigenvalue weighted by molar-refractivity contribution is 0.00266. The second kappa shape index (κ2) is 9.73. The number of hydrogen-bond acceptors (Lipinski definition) is 5. The Morgan fingerprint density at radius 2 is 1.78 bits per heavy atom. The van der Waals surface area contributed by atoms with Gasteiger partial charge in [0, 0.05) is 0 Å². The van der Waals surface area contributed by atoms with Crippen molar-refractivity contribution in [2.45, 2.75) is 37.4 Å². The van der Waals surface area contributed by atoms with Crippen molar-refractivity contribution in [2.24, 2.45) is 0 Å². The maximum Gasteiger partial charge on any atom is 0.294 e. The molecule has 3 aromatic rings. The Kier molecular flexibility index (Phi) is 6.79. The van der Waals surface area contributed by atoms with Crippen LogP contribution >= 0.6 is 0 Å². The molecule has 0 saturated heterocycles. The van der Waals surface area contributed by atoms with Crippen LogP contribution in [0.5, 0.6) is 11.5 Å². The molecular formula is C25H26O6S. The van der Waals surface area contributed by atoms with Gasteiger partial charge in [-0.15, -0.1) is 0 Å². The fourth-order valence-corrected chi connectivity index (χ4v) is 4.45. The van der Waals surface area contributed by atoms with Gasteiger partial charge in [-0.3, -0.25) is 4.55 Å². The van der Waals surface area contributed by atoms with Crippen LogP contribution < -0.4 is 9.47 Å². The molecule has 7 heteroatoms. The van der Waals surface area contributed by atoms with Crippen LogP contribution in [0.15, 0.2) is 71.6 Å². The van der Waals surface area contributed by atoms with Crippen LogP contribution in [0.1, 0.15) is 22.3 Å². The van der Waals surface area contributed by atoms with Crippen LogP contribution in [0, 0.1) is 6.92 Å². The zero-order chi connectivity index (χ0) is 22.6. The maximum absolute atomic E-state index is 11.7. The number of aryl methyl sites for hydroxylation is 3. The maximum atomic E-state index is 11.7. The van der Waals surface area contributed by atoms with Crippen LogP contribution in [0.4, 0.5) is 0 Å². The summed E-state index contributed by atoms with van der Waals surface area (Å²) in [5, 5.41) is 0. The highest BCUT2D eigenvalue weighted by atomic mass is 32.2. The lowest BCUT2D eigenvalue weighted by Crippen LogP contribution is -2.33. The molecule has 0 aromatic heterocycles. The number of benzene rings is 3. The quantitative estimate of drug-likeness (QED) is 0.509. The molecular weight excluding hydrogens is 428 g/mol. The number of rotatable bonds is 8. The molecule has 0 bridgehead atoms. The summed E-state index contributed by atoms with van der Waals surface area (Å²) in [7, 11) is -4.26. The third kappa shape index (κ3) is 5.68. The van der Waals surface area contributed by atoms with Gasteiger partial charge in [-0.25, -0.2) is 0 Å². The molecule has 0 saturated carbocycles. The third-order valence-electron chi connectivity index (χ3n) is 5.32. The van der Waals surface area contributed by atoms with E-state index < -0.39 is 10.1 Å². The van der Waals surface area contributed by atoms with E-state index in [1.807, 2.05) is 55.5 Å². The average molecular weight is 455 g/mol. The number of fused-ring (bicyclic) bond motifs is 1. The Morgan fingerprint density at radius 3 is 2.56 bits per heavy atom. The number of hydrogen-bond donors (Lipinski definition) is 1. The van der Waals surface area contributed by atoms with Crippen molar-refractivity contribution in [3.63, 3.8) is 0 Å². The summed E-state index contributed by atoms with van der Waals surface area (Å²) in [6.45, 7) is 3.24. The molecule has 1 heterocycles. The first-order chi connectivity index (χ1) is 15.4. The van der Waals surface area contributed by atoms with E-state index in [0.717, 1.165) is 16.7 Å². The SMILES string of the molecule is Cc1ccc(S(=O)(=O)O)c(CCc2ccc3c(c2)OC(COCc2ccccc2)CO3)c1. The van der Waals surface area contributed by atoms with Gasteiger partial charge in [0.15, 0.2) is 17.6 Å². The van der Waals surface area contributed by atoms with Crippen molar-refractivity contribution in [3.8, 4) is 11.5 Å². The van der Waals surface area contributed by atoms with Crippen LogP contribution in [-0.2, 0) is 34.3 Å². The summed E-state index contributed by atoms with van der Waals surface area (Å²) in [6.07, 6.45) is 0.863. The molecule has 1 unspecified atom stereocenters. The van der Waals surface area contributed by atoms with Gasteiger partial charge in [0.2, 0.25) is 0 Å². The zero-order valence-corrected chi connectivity index (χ0v) is 18.7. The van der Waals surface area contributed by atoms with Gasteiger partial charge in [0.05, 0.1) is 18.1 Å². The minimum Gasteiger partial charge on any atom is -0.486 e. The van der Waals surface area contributed by atoms with Gasteiger partial charge < -0.3 is 14.2 Å². The fraction of sp³-hybridized carbons (Fsp3) is 0.280. The second-order valence-corrected chi connectivity index (χ2v) is 9.31. The Balaban J connectivity index is 1.38. The topological polar surface area (TPSA) is 82.1 Å². The zero-order valence-electron chi connectivity index (χ0n) is 17.9. The molecule has 0 radical (unpaired) electrons. The molecule has 6 nitrogen and oxygen atoms in total. The van der Waals surface area contributed by atoms with Crippen molar-refractivity contribution >= 4 is 10.1 Å². The van der Waals surface area contributed by atoms with Crippen molar-refractivity contribution in [1.29, 1.82) is 0 Å². The van der Waals surface area contributed by atoms with Crippen molar-refractivity contribution in [1.82, 2.24) is 0 Å². The molecule has 1 aliphatic heterocycles. The molecule has 0 fully saturated rings. The van der Waals surface area contributed by atoms with Crippen LogP contribution in [0.25, 0.3) is 0 Å². The van der Waals surface area contributed by atoms with Crippen LogP contribution in [0.3, 0.4) is 0 Å². The highest BCUT2D eigenvalue weighted by molar-refractivity contribution is 7.85. The first-order valence-corrected chi connectivity index (χ1v) is 11.9. The Morgan fingerprint density at radius 1 is 0.969 bits per heavy atom. The molecule has 1 N–H and O–H groups in total. The van der Waals surface area contributed by atoms with E-state index in [-0.39, 0.29) is 11.0 Å². The Bertz CT molecular complexity index is 1170. The van der Waals surface area contributed by atoms with E-state index in [2.05, 4.69) is 0 Å². The van der Waals surface area contributed by atoms with E-state index in [9.17, 15) is 13.0 Å². The van der Waals surface area contributed by atoms with Gasteiger partial charge in [-0.05, 0) is 54.7 Å². The molecule has 3 aromatic carbocycles. The van der Waals surface area contributed by atoms with Gasteiger partial charge in [0.1, 0.15) is 6.61 Å². The molecule has 1 atom stereocenters. The van der Waals surface area contributed by atoms with Crippen molar-refractivity contribution in [3.05, 3.63) is 89.0 Å². The highest BCUT2D eigenvalue weighted by Gasteiger charge is 2.22. The fourth-order valence-electron chi connectivity index (χ4n) is 3.71. The van der Waals surface area contributed by atoms with E-state index in [1.165, 1.54) is 6.07 Å². The van der Waals surface area contributed by atoms with E-state index in [4.69, 9.17) is 14.2 Å². The first kappa shape index (κ1) is 22.3. The van der Waals surface area contributed by atoms with Gasteiger partial charge in [0.25, 0.3) is 10.1 Å². The Hall–Kier alpha value is -2.87. The van der Waals surface area contributed by atoms with E-state index in [0.29, 0.717) is 49.7 Å². The summed E-state index contributed by atoms with van der Waals surface area (Å²) in [6, 6.07) is 20.6. The lowest BCUT2D eigenvalue weighted by atomic mass is 10.0. The predicted octanol–water partition coefficient (Wildman–Crippen LogP) is 4.38. The smallest absolute Gasteiger partial charge is 0.294 e. The molecule has 0 spiro atoms. The predicted molar refractivity (Wildman–Crippen MR) is 121 cm³/mol. The molecule has 4 rings (SSSR count). The third-order valence-corrected chi connectivity index (χ3v) is 6.27. The second-order valence-electron chi connectivity index (χ2n) is 7.92. The first-order valence-electron chi connectivity index (χ1n) is 10.5. The normalized spacial score (nSPS) is 15.5. The van der Waals surface area contributed by atoms with Crippen LogP contribution in [0.2, 0.25) is 0 Å². The lowest BCUT2D eigenvalue weighted by Gasteiger charge is -2.27. The summed E-state index contributed by atoms with van der Waals surface area (Å²) in [5.41, 5.74) is 3.62. The highest BCUT2D eigenvalue weighted by Crippen LogP contribution is 2.33. The molecule has 32 heavy (non-hydrogen) atoms. The summed E-state index contributed by atoms with van der Waals surface area (Å²) in [4.78, 5) is -0.0451. The minimum absolute atomic E-state index is 0.0451. The Labute approximate surface area is 188 Å². The molecule has 0 aliphatic carbocycles. The van der Waals surface area contributed by atoms with Gasteiger partial charge in [-0.2, -0.15) is 8.42 Å². The van der Waals surface area contributed by atoms with Crippen LogP contribution in [-0.4, -0.2) is 32.3 Å². The largest absolute Gasteiger partial charge is 0.486 e. The summed E-state index contributed by atoms with van der Waals surface area (Å²) in [5.74, 6) is 1.34. The molecule has 168 valence electrons. The monoisotopic (exact) mass is 454 g/mol. The van der Waals surface area contributed by atoms with Crippen molar-refractivity contribution in [2.75, 3.05) is 13.2 Å². The summed E-state index contributed by atoms with van der Waals surface area (Å²) >= 11 is 0. The summed E-state index contributed by atoms with van der Waals surface area (Å²) < 4.78 is 50.6. The standard InChI is InChI=1S/C25H26O6S/c1-18-7-12-25(32(26,27)28)21(13-18)10-8-19-9-11-23-24(14-19)31-22(17-30-23)16-29-15-20-5-3-2-4-6-20/h2-7,9,11-14,22H,8,10,15-17H2,1H3,(H,26,27,28). The molecule has 0 amide bonds. The van der Waals surface area contributed by atoms with Gasteiger partial charge in [-0.1, -0.05) is 54.1 Å². The van der Waals surface area contributed by atoms with Gasteiger partial charge >= 0.3 is 0 Å². The molecule has 1 aliphatic rings. The van der Waals surface area contributed by atoms with E-state index in [1.54, 1.807) is 12.1 Å². The number of ether oxygens (including phenoxy) is 3. The minimum atomic E-state index is -4.26. The average Bonchev–Trinajstić information content (AvgIpc) is 2.77.